The highest BCUT2D eigenvalue weighted by atomic mass is 32.1. The largest absolute Gasteiger partial charge is 0.277 e. The molecule has 55 heavy (non-hydrogen) atoms. The van der Waals surface area contributed by atoms with Gasteiger partial charge in [-0.05, 0) is 62.6 Å². The molecule has 0 N–H and O–H groups in total. The van der Waals surface area contributed by atoms with Gasteiger partial charge in [-0.15, -0.1) is 22.7 Å². The van der Waals surface area contributed by atoms with Crippen LogP contribution in [0.2, 0.25) is 0 Å². The zero-order valence-electron chi connectivity index (χ0n) is 29.2. The minimum atomic E-state index is 0.685. The van der Waals surface area contributed by atoms with Gasteiger partial charge in [-0.25, -0.2) is 9.97 Å². The van der Waals surface area contributed by atoms with E-state index in [0.717, 1.165) is 32.5 Å². The quantitative estimate of drug-likeness (QED) is 0.166. The van der Waals surface area contributed by atoms with Crippen molar-refractivity contribution in [2.24, 2.45) is 0 Å². The standard InChI is InChI=1S/C50H27N3S2/c1-2-12-30-28(11-1)21-23-38-45-40(25-24-36-33-15-4-3-13-31(33)32-14-5-6-17-35(32)44(36)45)53(48(30)38)50-51-47(46-37-18-8-10-20-42(37)55-49(46)52-50)29-22-26-43-39(27-29)34-16-7-9-19-41(34)54-43/h1-27H. The second kappa shape index (κ2) is 11.0. The van der Waals surface area contributed by atoms with Crippen LogP contribution in [0.25, 0.3) is 123 Å². The highest BCUT2D eigenvalue weighted by Crippen LogP contribution is 2.46. The van der Waals surface area contributed by atoms with Crippen molar-refractivity contribution >= 4 is 128 Å². The van der Waals surface area contributed by atoms with Gasteiger partial charge in [0.1, 0.15) is 4.83 Å². The number of aromatic nitrogens is 3. The van der Waals surface area contributed by atoms with Gasteiger partial charge in [0.25, 0.3) is 0 Å². The second-order valence-electron chi connectivity index (χ2n) is 14.5. The molecule has 0 atom stereocenters. The predicted molar refractivity (Wildman–Crippen MR) is 238 cm³/mol. The molecule has 254 valence electrons. The third kappa shape index (κ3) is 4.03. The zero-order valence-corrected chi connectivity index (χ0v) is 30.9. The first kappa shape index (κ1) is 29.8. The Hall–Kier alpha value is -6.66. The molecule has 0 aliphatic carbocycles. The van der Waals surface area contributed by atoms with Crippen LogP contribution < -0.4 is 0 Å². The van der Waals surface area contributed by atoms with E-state index in [9.17, 15) is 0 Å². The summed E-state index contributed by atoms with van der Waals surface area (Å²) in [5.74, 6) is 0.685. The molecule has 0 bridgehead atoms. The van der Waals surface area contributed by atoms with Crippen LogP contribution in [0.15, 0.2) is 164 Å². The van der Waals surface area contributed by atoms with E-state index < -0.39 is 0 Å². The Labute approximate surface area is 322 Å². The van der Waals surface area contributed by atoms with Crippen LogP contribution in [0.3, 0.4) is 0 Å². The zero-order chi connectivity index (χ0) is 35.8. The third-order valence-electron chi connectivity index (χ3n) is 11.6. The lowest BCUT2D eigenvalue weighted by Crippen LogP contribution is -2.03. The van der Waals surface area contributed by atoms with Crippen molar-refractivity contribution < 1.29 is 0 Å². The molecule has 0 radical (unpaired) electrons. The maximum atomic E-state index is 5.67. The van der Waals surface area contributed by atoms with Crippen LogP contribution in [-0.2, 0) is 0 Å². The van der Waals surface area contributed by atoms with E-state index in [1.54, 1.807) is 11.3 Å². The van der Waals surface area contributed by atoms with Gasteiger partial charge in [0.05, 0.1) is 16.7 Å². The first-order valence-corrected chi connectivity index (χ1v) is 20.2. The van der Waals surface area contributed by atoms with Crippen molar-refractivity contribution in [1.29, 1.82) is 0 Å². The van der Waals surface area contributed by atoms with Gasteiger partial charge in [-0.1, -0.05) is 133 Å². The average Bonchev–Trinajstić information content (AvgIpc) is 3.92. The van der Waals surface area contributed by atoms with Crippen LogP contribution in [0.4, 0.5) is 0 Å². The molecule has 4 aromatic heterocycles. The molecule has 3 nitrogen and oxygen atoms in total. The fourth-order valence-corrected chi connectivity index (χ4v) is 11.4. The van der Waals surface area contributed by atoms with Gasteiger partial charge in [0.15, 0.2) is 0 Å². The van der Waals surface area contributed by atoms with Crippen LogP contribution >= 0.6 is 22.7 Å². The highest BCUT2D eigenvalue weighted by Gasteiger charge is 2.24. The Kier molecular flexibility index (Phi) is 5.93. The van der Waals surface area contributed by atoms with Gasteiger partial charge in [-0.2, -0.15) is 0 Å². The van der Waals surface area contributed by atoms with Crippen molar-refractivity contribution in [2.75, 3.05) is 0 Å². The topological polar surface area (TPSA) is 30.7 Å². The highest BCUT2D eigenvalue weighted by molar-refractivity contribution is 7.26. The van der Waals surface area contributed by atoms with Crippen molar-refractivity contribution in [3.63, 3.8) is 0 Å². The van der Waals surface area contributed by atoms with Crippen LogP contribution in [-0.4, -0.2) is 14.5 Å². The second-order valence-corrected chi connectivity index (χ2v) is 16.6. The number of hydrogen-bond donors (Lipinski definition) is 0. The molecule has 0 unspecified atom stereocenters. The van der Waals surface area contributed by atoms with E-state index in [2.05, 4.69) is 168 Å². The summed E-state index contributed by atoms with van der Waals surface area (Å²) in [5.41, 5.74) is 4.29. The molecule has 5 heteroatoms. The van der Waals surface area contributed by atoms with E-state index in [4.69, 9.17) is 9.97 Å². The normalized spacial score (nSPS) is 12.4. The fraction of sp³-hybridized carbons (Fsp3) is 0. The van der Waals surface area contributed by atoms with Crippen LogP contribution in [0, 0.1) is 0 Å². The van der Waals surface area contributed by atoms with E-state index in [1.807, 2.05) is 11.3 Å². The van der Waals surface area contributed by atoms with E-state index in [1.165, 1.54) is 84.1 Å². The summed E-state index contributed by atoms with van der Waals surface area (Å²) in [6.45, 7) is 0. The van der Waals surface area contributed by atoms with Gasteiger partial charge in [0, 0.05) is 62.8 Å². The van der Waals surface area contributed by atoms with Crippen LogP contribution in [0.5, 0.6) is 0 Å². The summed E-state index contributed by atoms with van der Waals surface area (Å²) in [5, 5.41) is 17.2. The predicted octanol–water partition coefficient (Wildman–Crippen LogP) is 14.6. The summed E-state index contributed by atoms with van der Waals surface area (Å²) < 4.78 is 6.15. The molecule has 0 amide bonds. The van der Waals surface area contributed by atoms with Gasteiger partial charge in [0.2, 0.25) is 5.95 Å². The van der Waals surface area contributed by atoms with Crippen molar-refractivity contribution in [3.05, 3.63) is 164 Å². The van der Waals surface area contributed by atoms with E-state index in [0.29, 0.717) is 5.95 Å². The lowest BCUT2D eigenvalue weighted by atomic mass is 9.91. The summed E-state index contributed by atoms with van der Waals surface area (Å²) in [7, 11) is 0. The minimum absolute atomic E-state index is 0.685. The first-order chi connectivity index (χ1) is 27.3. The Morgan fingerprint density at radius 2 is 0.982 bits per heavy atom. The molecule has 0 saturated heterocycles. The molecule has 4 heterocycles. The monoisotopic (exact) mass is 733 g/mol. The molecule has 0 fully saturated rings. The molecule has 0 aliphatic rings. The minimum Gasteiger partial charge on any atom is -0.277 e. The average molecular weight is 734 g/mol. The number of benzene rings is 9. The molecule has 0 aliphatic heterocycles. The van der Waals surface area contributed by atoms with Crippen molar-refractivity contribution in [3.8, 4) is 17.2 Å². The lowest BCUT2D eigenvalue weighted by Gasteiger charge is -2.13. The summed E-state index contributed by atoms with van der Waals surface area (Å²) in [6.07, 6.45) is 0. The van der Waals surface area contributed by atoms with Crippen LogP contribution in [0.1, 0.15) is 0 Å². The number of fused-ring (bicyclic) bond motifs is 18. The number of thiophene rings is 2. The SMILES string of the molecule is c1ccc2c(c1)ccc1c3c4c5ccccc5c5ccccc5c4ccc3n(-c3nc(-c4ccc5sc6ccccc6c5c4)c4c(n3)sc3ccccc34)c21. The fourth-order valence-electron chi connectivity index (χ4n) is 9.26. The molecule has 0 spiro atoms. The number of hydrogen-bond acceptors (Lipinski definition) is 4. The Balaban J connectivity index is 1.22. The summed E-state index contributed by atoms with van der Waals surface area (Å²) >= 11 is 3.59. The summed E-state index contributed by atoms with van der Waals surface area (Å²) in [4.78, 5) is 12.2. The van der Waals surface area contributed by atoms with Gasteiger partial charge in [-0.3, -0.25) is 4.57 Å². The molecule has 9 aromatic carbocycles. The molecule has 13 aromatic rings. The summed E-state index contributed by atoms with van der Waals surface area (Å²) in [6, 6.07) is 59.9. The Morgan fingerprint density at radius 3 is 1.78 bits per heavy atom. The Morgan fingerprint density at radius 1 is 0.382 bits per heavy atom. The smallest absolute Gasteiger partial charge is 0.236 e. The Bertz CT molecular complexity index is 3760. The molecule has 13 rings (SSSR count). The molecular weight excluding hydrogens is 707 g/mol. The van der Waals surface area contributed by atoms with Gasteiger partial charge < -0.3 is 0 Å². The number of nitrogens with zero attached hydrogens (tertiary/aromatic N) is 3. The lowest BCUT2D eigenvalue weighted by molar-refractivity contribution is 1.02. The molecule has 0 saturated carbocycles. The van der Waals surface area contributed by atoms with Crippen molar-refractivity contribution in [1.82, 2.24) is 14.5 Å². The van der Waals surface area contributed by atoms with E-state index >= 15 is 0 Å². The first-order valence-electron chi connectivity index (χ1n) is 18.6. The van der Waals surface area contributed by atoms with Crippen molar-refractivity contribution in [2.45, 2.75) is 0 Å². The third-order valence-corrected chi connectivity index (χ3v) is 13.8. The maximum Gasteiger partial charge on any atom is 0.236 e. The number of rotatable bonds is 2. The molecular formula is C50H27N3S2. The van der Waals surface area contributed by atoms with Gasteiger partial charge >= 0.3 is 0 Å². The maximum absolute atomic E-state index is 5.67. The van der Waals surface area contributed by atoms with E-state index in [-0.39, 0.29) is 0 Å².